The molecule has 4 rings (SSSR count). The zero-order chi connectivity index (χ0) is 21.7. The van der Waals surface area contributed by atoms with Crippen molar-refractivity contribution in [3.8, 4) is 5.69 Å². The van der Waals surface area contributed by atoms with Gasteiger partial charge in [0.25, 0.3) is 5.91 Å². The predicted octanol–water partition coefficient (Wildman–Crippen LogP) is 5.68. The van der Waals surface area contributed by atoms with Crippen molar-refractivity contribution in [1.82, 2.24) is 9.58 Å². The van der Waals surface area contributed by atoms with Crippen molar-refractivity contribution in [1.29, 1.82) is 5.41 Å². The van der Waals surface area contributed by atoms with E-state index >= 15 is 0 Å². The number of amidine groups is 2. The maximum absolute atomic E-state index is 12.7. The van der Waals surface area contributed by atoms with Crippen molar-refractivity contribution in [3.05, 3.63) is 56.8 Å². The Morgan fingerprint density at radius 1 is 1.17 bits per heavy atom. The normalized spacial score (nSPS) is 17.7. The molecule has 0 aliphatic carbocycles. The van der Waals surface area contributed by atoms with Crippen LogP contribution in [0.2, 0.25) is 10.0 Å². The van der Waals surface area contributed by atoms with Crippen LogP contribution in [0.4, 0.5) is 0 Å². The van der Waals surface area contributed by atoms with Gasteiger partial charge in [0.2, 0.25) is 5.17 Å². The molecule has 1 aromatic carbocycles. The van der Waals surface area contributed by atoms with Crippen LogP contribution >= 0.6 is 35.0 Å². The van der Waals surface area contributed by atoms with Crippen molar-refractivity contribution in [2.45, 2.75) is 27.7 Å². The molecule has 0 bridgehead atoms. The number of carbonyl (C=O) groups excluding carboxylic acids is 1. The highest BCUT2D eigenvalue weighted by molar-refractivity contribution is 8.27. The zero-order valence-electron chi connectivity index (χ0n) is 16.8. The molecule has 2 aromatic rings. The van der Waals surface area contributed by atoms with Crippen molar-refractivity contribution in [2.24, 2.45) is 16.0 Å². The molecule has 0 saturated carbocycles. The molecule has 1 amide bonds. The maximum atomic E-state index is 12.7. The van der Waals surface area contributed by atoms with Gasteiger partial charge in [-0.1, -0.05) is 37.0 Å². The van der Waals surface area contributed by atoms with E-state index in [9.17, 15) is 4.79 Å². The van der Waals surface area contributed by atoms with Gasteiger partial charge in [0, 0.05) is 23.0 Å². The summed E-state index contributed by atoms with van der Waals surface area (Å²) in [7, 11) is 0. The Bertz CT molecular complexity index is 1190. The van der Waals surface area contributed by atoms with Gasteiger partial charge < -0.3 is 4.57 Å². The fourth-order valence-corrected chi connectivity index (χ4v) is 4.54. The van der Waals surface area contributed by atoms with Gasteiger partial charge in [-0.15, -0.1) is 0 Å². The second kappa shape index (κ2) is 7.72. The number of fused-ring (bicyclic) bond motifs is 1. The van der Waals surface area contributed by atoms with Gasteiger partial charge in [-0.05, 0) is 61.5 Å². The van der Waals surface area contributed by atoms with Gasteiger partial charge in [-0.2, -0.15) is 15.1 Å². The number of carbonyl (C=O) groups is 1. The molecule has 0 saturated heterocycles. The molecule has 0 unspecified atom stereocenters. The molecule has 6 nitrogen and oxygen atoms in total. The van der Waals surface area contributed by atoms with Gasteiger partial charge >= 0.3 is 0 Å². The standard InChI is InChI=1S/C21H19Cl2N5OS/c1-10(2)20-26-28-18(24)15(19(29)25-21(28)30-20)8-13-7-11(3)27(12(13)4)14-5-6-16(22)17(23)9-14/h5-10,24H,1-4H3/b15-8-,24-18?. The first kappa shape index (κ1) is 20.9. The van der Waals surface area contributed by atoms with Crippen LogP contribution in [0.5, 0.6) is 0 Å². The highest BCUT2D eigenvalue weighted by Gasteiger charge is 2.36. The highest BCUT2D eigenvalue weighted by Crippen LogP contribution is 2.32. The summed E-state index contributed by atoms with van der Waals surface area (Å²) in [5.74, 6) is -0.199. The van der Waals surface area contributed by atoms with Crippen LogP contribution in [0.3, 0.4) is 0 Å². The summed E-state index contributed by atoms with van der Waals surface area (Å²) < 4.78 is 2.03. The number of nitrogens with one attached hydrogen (secondary N) is 1. The average molecular weight is 460 g/mol. The molecule has 30 heavy (non-hydrogen) atoms. The first-order valence-corrected chi connectivity index (χ1v) is 10.9. The SMILES string of the molecule is Cc1cc(/C=C2/C(=N)N3N=C(C(C)C)SC3=NC2=O)c(C)n1-c1ccc(Cl)c(Cl)c1. The number of halogens is 2. The number of hydrogen-bond donors (Lipinski definition) is 1. The third-order valence-corrected chi connectivity index (χ3v) is 6.84. The highest BCUT2D eigenvalue weighted by atomic mass is 35.5. The molecule has 0 spiro atoms. The minimum Gasteiger partial charge on any atom is -0.318 e. The van der Waals surface area contributed by atoms with Crippen LogP contribution < -0.4 is 0 Å². The van der Waals surface area contributed by atoms with Crippen LogP contribution in [0, 0.1) is 25.2 Å². The van der Waals surface area contributed by atoms with Crippen LogP contribution in [0.25, 0.3) is 11.8 Å². The van der Waals surface area contributed by atoms with Crippen molar-refractivity contribution in [3.63, 3.8) is 0 Å². The molecule has 1 aromatic heterocycles. The molecule has 9 heteroatoms. The minimum absolute atomic E-state index is 0.0347. The van der Waals surface area contributed by atoms with Gasteiger partial charge in [0.05, 0.1) is 15.6 Å². The van der Waals surface area contributed by atoms with Crippen LogP contribution in [0.15, 0.2) is 39.9 Å². The molecule has 0 atom stereocenters. The van der Waals surface area contributed by atoms with E-state index in [2.05, 4.69) is 10.1 Å². The summed E-state index contributed by atoms with van der Waals surface area (Å²) in [6, 6.07) is 7.41. The third kappa shape index (κ3) is 3.51. The Morgan fingerprint density at radius 2 is 1.90 bits per heavy atom. The summed E-state index contributed by atoms with van der Waals surface area (Å²) in [4.78, 5) is 16.8. The summed E-state index contributed by atoms with van der Waals surface area (Å²) in [6.07, 6.45) is 1.70. The Labute approximate surface area is 188 Å². The number of amides is 1. The van der Waals surface area contributed by atoms with Gasteiger partial charge in [0.1, 0.15) is 5.04 Å². The maximum Gasteiger partial charge on any atom is 0.283 e. The summed E-state index contributed by atoms with van der Waals surface area (Å²) in [6.45, 7) is 7.96. The topological polar surface area (TPSA) is 73.8 Å². The fourth-order valence-electron chi connectivity index (χ4n) is 3.35. The van der Waals surface area contributed by atoms with E-state index in [0.717, 1.165) is 27.7 Å². The lowest BCUT2D eigenvalue weighted by Crippen LogP contribution is -2.35. The van der Waals surface area contributed by atoms with E-state index < -0.39 is 5.91 Å². The number of benzene rings is 1. The largest absolute Gasteiger partial charge is 0.318 e. The van der Waals surface area contributed by atoms with Crippen LogP contribution in [-0.4, -0.2) is 31.5 Å². The van der Waals surface area contributed by atoms with Crippen LogP contribution in [0.1, 0.15) is 30.8 Å². The van der Waals surface area contributed by atoms with E-state index in [1.807, 2.05) is 44.4 Å². The average Bonchev–Trinajstić information content (AvgIpc) is 3.22. The number of aryl methyl sites for hydroxylation is 1. The Morgan fingerprint density at radius 3 is 2.57 bits per heavy atom. The molecule has 2 aliphatic rings. The lowest BCUT2D eigenvalue weighted by Gasteiger charge is -2.20. The molecule has 0 fully saturated rings. The molecule has 2 aliphatic heterocycles. The van der Waals surface area contributed by atoms with Crippen molar-refractivity contribution >= 4 is 63.0 Å². The van der Waals surface area contributed by atoms with E-state index in [1.165, 1.54) is 16.8 Å². The number of nitrogens with zero attached hydrogens (tertiary/aromatic N) is 4. The number of hydrazone groups is 1. The van der Waals surface area contributed by atoms with Crippen LogP contribution in [-0.2, 0) is 4.79 Å². The van der Waals surface area contributed by atoms with Gasteiger partial charge in [-0.3, -0.25) is 10.2 Å². The van der Waals surface area contributed by atoms with Crippen molar-refractivity contribution < 1.29 is 4.79 Å². The number of rotatable bonds is 3. The van der Waals surface area contributed by atoms with E-state index in [0.29, 0.717) is 15.2 Å². The van der Waals surface area contributed by atoms with Gasteiger partial charge in [0.15, 0.2) is 5.84 Å². The number of aromatic nitrogens is 1. The molecule has 154 valence electrons. The molecule has 1 N–H and O–H groups in total. The summed E-state index contributed by atoms with van der Waals surface area (Å²) >= 11 is 13.6. The smallest absolute Gasteiger partial charge is 0.283 e. The summed E-state index contributed by atoms with van der Waals surface area (Å²) in [5.41, 5.74) is 3.79. The number of thioether (sulfide) groups is 1. The van der Waals surface area contributed by atoms with Gasteiger partial charge in [-0.25, -0.2) is 0 Å². The first-order valence-electron chi connectivity index (χ1n) is 9.32. The van der Waals surface area contributed by atoms with E-state index in [-0.39, 0.29) is 17.3 Å². The number of hydrogen-bond acceptors (Lipinski definition) is 4. The predicted molar refractivity (Wildman–Crippen MR) is 125 cm³/mol. The lowest BCUT2D eigenvalue weighted by atomic mass is 10.1. The van der Waals surface area contributed by atoms with E-state index in [4.69, 9.17) is 28.6 Å². The Hall–Kier alpha value is -2.35. The molecular formula is C21H19Cl2N5OS. The molecule has 3 heterocycles. The van der Waals surface area contributed by atoms with Crippen molar-refractivity contribution in [2.75, 3.05) is 0 Å². The zero-order valence-corrected chi connectivity index (χ0v) is 19.2. The second-order valence-electron chi connectivity index (χ2n) is 7.37. The monoisotopic (exact) mass is 459 g/mol. The molecule has 0 radical (unpaired) electrons. The lowest BCUT2D eigenvalue weighted by molar-refractivity contribution is -0.114. The second-order valence-corrected chi connectivity index (χ2v) is 9.18. The van der Waals surface area contributed by atoms with E-state index in [1.54, 1.807) is 18.2 Å². The first-order chi connectivity index (χ1) is 14.2. The minimum atomic E-state index is -0.432. The Kier molecular flexibility index (Phi) is 5.38. The quantitative estimate of drug-likeness (QED) is 0.600. The summed E-state index contributed by atoms with van der Waals surface area (Å²) in [5, 5.41) is 16.7. The number of aliphatic imine (C=N–C) groups is 1. The third-order valence-electron chi connectivity index (χ3n) is 4.90. The molecular weight excluding hydrogens is 441 g/mol. The fraction of sp³-hybridized carbons (Fsp3) is 0.238. The Balaban J connectivity index is 1.75.